The first-order valence-corrected chi connectivity index (χ1v) is 10.8. The van der Waals surface area contributed by atoms with Crippen molar-refractivity contribution in [3.63, 3.8) is 0 Å². The summed E-state index contributed by atoms with van der Waals surface area (Å²) in [7, 11) is 0. The second kappa shape index (κ2) is 8.71. The first-order valence-electron chi connectivity index (χ1n) is 10.8. The molecule has 0 radical (unpaired) electrons. The van der Waals surface area contributed by atoms with Crippen molar-refractivity contribution < 1.29 is 4.74 Å². The molecular weight excluding hydrogens is 408 g/mol. The molecule has 5 aromatic rings. The van der Waals surface area contributed by atoms with Gasteiger partial charge in [0.1, 0.15) is 24.5 Å². The van der Waals surface area contributed by atoms with Crippen molar-refractivity contribution in [2.24, 2.45) is 0 Å². The van der Waals surface area contributed by atoms with Gasteiger partial charge in [0.05, 0.1) is 11.2 Å². The van der Waals surface area contributed by atoms with Crippen molar-refractivity contribution >= 4 is 16.7 Å². The smallest absolute Gasteiger partial charge is 0.134 e. The number of hydrogen-bond donors (Lipinski definition) is 1. The molecule has 5 nitrogen and oxygen atoms in total. The Kier molecular flexibility index (Phi) is 5.45. The molecular formula is C28H24N4O. The summed E-state index contributed by atoms with van der Waals surface area (Å²) in [5.74, 6) is 1.29. The van der Waals surface area contributed by atoms with Crippen molar-refractivity contribution in [3.8, 4) is 28.1 Å². The van der Waals surface area contributed by atoms with Gasteiger partial charge in [0.15, 0.2) is 0 Å². The molecule has 162 valence electrons. The second-order valence-electron chi connectivity index (χ2n) is 8.20. The maximum absolute atomic E-state index is 6.15. The van der Waals surface area contributed by atoms with Gasteiger partial charge in [0.2, 0.25) is 0 Å². The third-order valence-corrected chi connectivity index (χ3v) is 5.60. The van der Waals surface area contributed by atoms with Crippen molar-refractivity contribution in [2.45, 2.75) is 20.5 Å². The van der Waals surface area contributed by atoms with E-state index >= 15 is 0 Å². The van der Waals surface area contributed by atoms with E-state index in [0.29, 0.717) is 12.4 Å². The zero-order valence-electron chi connectivity index (χ0n) is 18.6. The number of fused-ring (bicyclic) bond motifs is 1. The normalized spacial score (nSPS) is 11.0. The Morgan fingerprint density at radius 1 is 0.788 bits per heavy atom. The van der Waals surface area contributed by atoms with Gasteiger partial charge in [0, 0.05) is 22.7 Å². The third kappa shape index (κ3) is 4.39. The van der Waals surface area contributed by atoms with E-state index in [1.54, 1.807) is 0 Å². The Labute approximate surface area is 192 Å². The Morgan fingerprint density at radius 2 is 1.70 bits per heavy atom. The number of ether oxygens (including phenoxy) is 1. The van der Waals surface area contributed by atoms with E-state index in [1.807, 2.05) is 36.5 Å². The van der Waals surface area contributed by atoms with Crippen molar-refractivity contribution in [2.75, 3.05) is 5.73 Å². The van der Waals surface area contributed by atoms with E-state index in [0.717, 1.165) is 50.2 Å². The number of anilines is 1. The second-order valence-corrected chi connectivity index (χ2v) is 8.20. The zero-order chi connectivity index (χ0) is 22.8. The minimum absolute atomic E-state index is 0.467. The Bertz CT molecular complexity index is 1460. The molecule has 0 amide bonds. The van der Waals surface area contributed by atoms with E-state index in [1.165, 1.54) is 11.9 Å². The van der Waals surface area contributed by atoms with Crippen molar-refractivity contribution in [1.29, 1.82) is 0 Å². The Morgan fingerprint density at radius 3 is 2.58 bits per heavy atom. The third-order valence-electron chi connectivity index (χ3n) is 5.60. The fourth-order valence-corrected chi connectivity index (χ4v) is 4.05. The van der Waals surface area contributed by atoms with Gasteiger partial charge >= 0.3 is 0 Å². The van der Waals surface area contributed by atoms with Gasteiger partial charge in [0.25, 0.3) is 0 Å². The fraction of sp³-hybridized carbons (Fsp3) is 0.107. The SMILES string of the molecule is Cc1cccc(COc2cc(C)cc(-c3ncccc3-c3ccc4ncnc(N)c4c3)c2)c1. The van der Waals surface area contributed by atoms with Crippen LogP contribution in [0.1, 0.15) is 16.7 Å². The van der Waals surface area contributed by atoms with Crippen LogP contribution < -0.4 is 10.5 Å². The highest BCUT2D eigenvalue weighted by molar-refractivity contribution is 5.93. The van der Waals surface area contributed by atoms with Crippen LogP contribution >= 0.6 is 0 Å². The number of aryl methyl sites for hydroxylation is 2. The quantitative estimate of drug-likeness (QED) is 0.361. The summed E-state index contributed by atoms with van der Waals surface area (Å²) in [5, 5.41) is 0.830. The molecule has 3 aromatic carbocycles. The zero-order valence-corrected chi connectivity index (χ0v) is 18.6. The summed E-state index contributed by atoms with van der Waals surface area (Å²) in [6.45, 7) is 4.67. The van der Waals surface area contributed by atoms with Crippen LogP contribution in [0.4, 0.5) is 5.82 Å². The average Bonchev–Trinajstić information content (AvgIpc) is 2.83. The first kappa shape index (κ1) is 20.6. The minimum Gasteiger partial charge on any atom is -0.489 e. The molecule has 0 atom stereocenters. The van der Waals surface area contributed by atoms with Crippen molar-refractivity contribution in [3.05, 3.63) is 102 Å². The highest BCUT2D eigenvalue weighted by Crippen LogP contribution is 2.34. The predicted octanol–water partition coefficient (Wildman–Crippen LogP) is 6.14. The first-order chi connectivity index (χ1) is 16.1. The molecule has 2 heterocycles. The molecule has 0 spiro atoms. The van der Waals surface area contributed by atoms with Crippen molar-refractivity contribution in [1.82, 2.24) is 15.0 Å². The highest BCUT2D eigenvalue weighted by Gasteiger charge is 2.12. The average molecular weight is 433 g/mol. The van der Waals surface area contributed by atoms with Gasteiger partial charge in [-0.25, -0.2) is 9.97 Å². The molecule has 0 bridgehead atoms. The van der Waals surface area contributed by atoms with E-state index in [-0.39, 0.29) is 0 Å². The van der Waals surface area contributed by atoms with Crippen LogP contribution in [0.5, 0.6) is 5.75 Å². The lowest BCUT2D eigenvalue weighted by atomic mass is 9.97. The topological polar surface area (TPSA) is 73.9 Å². The Hall–Kier alpha value is -4.25. The molecule has 0 fully saturated rings. The minimum atomic E-state index is 0.467. The molecule has 5 rings (SSSR count). The lowest BCUT2D eigenvalue weighted by Crippen LogP contribution is -1.97. The molecule has 2 aromatic heterocycles. The van der Waals surface area contributed by atoms with Crippen LogP contribution in [-0.4, -0.2) is 15.0 Å². The number of pyridine rings is 1. The summed E-state index contributed by atoms with van der Waals surface area (Å²) >= 11 is 0. The van der Waals surface area contributed by atoms with Crippen LogP contribution in [0.3, 0.4) is 0 Å². The molecule has 0 aliphatic rings. The number of nitrogen functional groups attached to an aromatic ring is 1. The standard InChI is InChI=1S/C28H24N4O/c1-18-5-3-6-20(11-18)16-33-23-13-19(2)12-22(14-23)27-24(7-4-10-30-27)21-8-9-26-25(15-21)28(29)32-17-31-26/h3-15,17H,16H2,1-2H3,(H2,29,31,32). The van der Waals surface area contributed by atoms with Crippen LogP contribution in [0.15, 0.2) is 85.3 Å². The highest BCUT2D eigenvalue weighted by atomic mass is 16.5. The van der Waals surface area contributed by atoms with E-state index in [4.69, 9.17) is 15.5 Å². The maximum atomic E-state index is 6.15. The monoisotopic (exact) mass is 432 g/mol. The summed E-state index contributed by atoms with van der Waals surface area (Å²) in [5.41, 5.74) is 14.3. The molecule has 33 heavy (non-hydrogen) atoms. The lowest BCUT2D eigenvalue weighted by molar-refractivity contribution is 0.306. The van der Waals surface area contributed by atoms with E-state index in [9.17, 15) is 0 Å². The van der Waals surface area contributed by atoms with Gasteiger partial charge in [-0.2, -0.15) is 0 Å². The van der Waals surface area contributed by atoms with Gasteiger partial charge in [-0.05, 0) is 66.9 Å². The van der Waals surface area contributed by atoms with Crippen LogP contribution in [-0.2, 0) is 6.61 Å². The molecule has 2 N–H and O–H groups in total. The molecule has 0 unspecified atom stereocenters. The van der Waals surface area contributed by atoms with Gasteiger partial charge in [-0.15, -0.1) is 0 Å². The van der Waals surface area contributed by atoms with Crippen LogP contribution in [0.25, 0.3) is 33.3 Å². The van der Waals surface area contributed by atoms with Crippen LogP contribution in [0, 0.1) is 13.8 Å². The van der Waals surface area contributed by atoms with Gasteiger partial charge in [-0.3, -0.25) is 4.98 Å². The number of benzene rings is 3. The molecule has 0 saturated heterocycles. The number of nitrogens with zero attached hydrogens (tertiary/aromatic N) is 3. The van der Waals surface area contributed by atoms with Gasteiger partial charge in [-0.1, -0.05) is 42.0 Å². The number of nitrogens with two attached hydrogens (primary N) is 1. The van der Waals surface area contributed by atoms with Gasteiger partial charge < -0.3 is 10.5 Å². The molecule has 0 aliphatic carbocycles. The fourth-order valence-electron chi connectivity index (χ4n) is 4.05. The predicted molar refractivity (Wildman–Crippen MR) is 133 cm³/mol. The number of rotatable bonds is 5. The molecule has 0 saturated carbocycles. The number of aromatic nitrogens is 3. The lowest BCUT2D eigenvalue weighted by Gasteiger charge is -2.13. The maximum Gasteiger partial charge on any atom is 0.134 e. The van der Waals surface area contributed by atoms with E-state index in [2.05, 4.69) is 66.3 Å². The molecule has 0 aliphatic heterocycles. The number of hydrogen-bond acceptors (Lipinski definition) is 5. The summed E-state index contributed by atoms with van der Waals surface area (Å²) in [6, 6.07) is 24.6. The molecule has 5 heteroatoms. The van der Waals surface area contributed by atoms with E-state index < -0.39 is 0 Å². The largest absolute Gasteiger partial charge is 0.489 e. The van der Waals surface area contributed by atoms with Crippen LogP contribution in [0.2, 0.25) is 0 Å². The summed E-state index contributed by atoms with van der Waals surface area (Å²) in [4.78, 5) is 13.2. The Balaban J connectivity index is 1.52. The summed E-state index contributed by atoms with van der Waals surface area (Å²) < 4.78 is 6.15. The summed E-state index contributed by atoms with van der Waals surface area (Å²) in [6.07, 6.45) is 3.30.